The summed E-state index contributed by atoms with van der Waals surface area (Å²) in [6.07, 6.45) is 5.17. The van der Waals surface area contributed by atoms with Gasteiger partial charge in [0.25, 0.3) is 0 Å². The molecule has 1 unspecified atom stereocenters. The lowest BCUT2D eigenvalue weighted by atomic mass is 9.73. The van der Waals surface area contributed by atoms with Crippen LogP contribution in [0.15, 0.2) is 12.1 Å². The highest BCUT2D eigenvalue weighted by Crippen LogP contribution is 2.42. The number of benzene rings is 1. The Morgan fingerprint density at radius 3 is 2.29 bits per heavy atom. The Kier molecular flexibility index (Phi) is 4.96. The highest BCUT2D eigenvalue weighted by Gasteiger charge is 2.43. The molecule has 1 fully saturated rings. The normalized spacial score (nSPS) is 19.8. The van der Waals surface area contributed by atoms with Crippen LogP contribution in [-0.2, 0) is 0 Å². The van der Waals surface area contributed by atoms with Gasteiger partial charge in [-0.3, -0.25) is 11.3 Å². The van der Waals surface area contributed by atoms with Crippen LogP contribution < -0.4 is 11.3 Å². The molecule has 0 spiro atoms. The van der Waals surface area contributed by atoms with E-state index >= 15 is 0 Å². The summed E-state index contributed by atoms with van der Waals surface area (Å²) < 4.78 is 28.3. The van der Waals surface area contributed by atoms with Crippen molar-refractivity contribution in [2.24, 2.45) is 5.84 Å². The van der Waals surface area contributed by atoms with Crippen molar-refractivity contribution in [2.45, 2.75) is 50.6 Å². The van der Waals surface area contributed by atoms with Crippen LogP contribution in [0.2, 0.25) is 0 Å². The molecule has 0 aliphatic heterocycles. The van der Waals surface area contributed by atoms with Gasteiger partial charge in [-0.1, -0.05) is 31.4 Å². The second-order valence-electron chi connectivity index (χ2n) is 6.26. The van der Waals surface area contributed by atoms with Crippen molar-refractivity contribution in [1.29, 1.82) is 0 Å². The first-order valence-electron chi connectivity index (χ1n) is 7.52. The lowest BCUT2D eigenvalue weighted by Crippen LogP contribution is -2.56. The van der Waals surface area contributed by atoms with Crippen LogP contribution in [-0.4, -0.2) is 24.5 Å². The molecule has 3 N–H and O–H groups in total. The van der Waals surface area contributed by atoms with Gasteiger partial charge in [0.1, 0.15) is 0 Å². The van der Waals surface area contributed by atoms with Crippen LogP contribution in [0.25, 0.3) is 0 Å². The molecule has 0 saturated heterocycles. The summed E-state index contributed by atoms with van der Waals surface area (Å²) in [4.78, 5) is 2.11. The summed E-state index contributed by atoms with van der Waals surface area (Å²) in [5.74, 6) is 4.18. The van der Waals surface area contributed by atoms with Crippen LogP contribution in [0.3, 0.4) is 0 Å². The molecular formula is C16H25F2N3. The van der Waals surface area contributed by atoms with E-state index in [1.807, 2.05) is 14.1 Å². The first kappa shape index (κ1) is 16.3. The van der Waals surface area contributed by atoms with Gasteiger partial charge in [-0.25, -0.2) is 8.78 Å². The minimum atomic E-state index is -0.787. The minimum Gasteiger partial charge on any atom is -0.302 e. The molecule has 1 atom stereocenters. The molecule has 1 saturated carbocycles. The summed E-state index contributed by atoms with van der Waals surface area (Å²) >= 11 is 0. The molecule has 1 aromatic carbocycles. The van der Waals surface area contributed by atoms with Crippen molar-refractivity contribution in [2.75, 3.05) is 14.1 Å². The summed E-state index contributed by atoms with van der Waals surface area (Å²) in [5, 5.41) is 0. The molecule has 0 bridgehead atoms. The van der Waals surface area contributed by atoms with E-state index in [4.69, 9.17) is 5.84 Å². The zero-order chi connectivity index (χ0) is 15.6. The average molecular weight is 297 g/mol. The van der Waals surface area contributed by atoms with Gasteiger partial charge in [0, 0.05) is 11.1 Å². The van der Waals surface area contributed by atoms with Crippen LogP contribution in [0.5, 0.6) is 0 Å². The van der Waals surface area contributed by atoms with E-state index in [9.17, 15) is 8.78 Å². The maximum atomic E-state index is 14.4. The van der Waals surface area contributed by atoms with Crippen LogP contribution >= 0.6 is 0 Å². The van der Waals surface area contributed by atoms with E-state index in [1.54, 1.807) is 19.1 Å². The number of nitrogens with two attached hydrogens (primary N) is 1. The third-order valence-corrected chi connectivity index (χ3v) is 4.93. The molecule has 5 heteroatoms. The molecule has 1 aliphatic rings. The number of nitrogens with one attached hydrogen (secondary N) is 1. The lowest BCUT2D eigenvalue weighted by molar-refractivity contribution is 0.0548. The smallest absolute Gasteiger partial charge is 0.163 e. The molecular weight excluding hydrogens is 272 g/mol. The Morgan fingerprint density at radius 2 is 1.76 bits per heavy atom. The van der Waals surface area contributed by atoms with Crippen molar-refractivity contribution < 1.29 is 8.78 Å². The van der Waals surface area contributed by atoms with Crippen molar-refractivity contribution in [3.8, 4) is 0 Å². The minimum absolute atomic E-state index is 0.282. The maximum absolute atomic E-state index is 14.4. The third-order valence-electron chi connectivity index (χ3n) is 4.93. The predicted molar refractivity (Wildman–Crippen MR) is 80.7 cm³/mol. The van der Waals surface area contributed by atoms with Gasteiger partial charge in [-0.2, -0.15) is 0 Å². The van der Waals surface area contributed by atoms with E-state index in [0.29, 0.717) is 11.1 Å². The van der Waals surface area contributed by atoms with Gasteiger partial charge in [-0.15, -0.1) is 0 Å². The third kappa shape index (κ3) is 2.82. The molecule has 0 aromatic heterocycles. The topological polar surface area (TPSA) is 41.3 Å². The van der Waals surface area contributed by atoms with E-state index in [-0.39, 0.29) is 5.54 Å². The fourth-order valence-electron chi connectivity index (χ4n) is 3.58. The molecule has 21 heavy (non-hydrogen) atoms. The quantitative estimate of drug-likeness (QED) is 0.663. The average Bonchev–Trinajstić information content (AvgIpc) is 2.48. The molecule has 2 rings (SSSR count). The zero-order valence-corrected chi connectivity index (χ0v) is 13.0. The molecule has 1 aliphatic carbocycles. The fraction of sp³-hybridized carbons (Fsp3) is 0.625. The lowest BCUT2D eigenvalue weighted by Gasteiger charge is -2.48. The first-order valence-corrected chi connectivity index (χ1v) is 7.52. The SMILES string of the molecule is Cc1ccc(C(NN)C2(N(C)C)CCCCC2)c(F)c1F. The number of rotatable bonds is 4. The Bertz CT molecular complexity index is 497. The summed E-state index contributed by atoms with van der Waals surface area (Å²) in [6, 6.07) is 2.84. The second kappa shape index (κ2) is 6.38. The largest absolute Gasteiger partial charge is 0.302 e. The van der Waals surface area contributed by atoms with E-state index in [2.05, 4.69) is 10.3 Å². The number of hydrazine groups is 1. The number of nitrogens with zero attached hydrogens (tertiary/aromatic N) is 1. The Labute approximate surface area is 125 Å². The van der Waals surface area contributed by atoms with E-state index < -0.39 is 17.7 Å². The van der Waals surface area contributed by atoms with Crippen LogP contribution in [0.4, 0.5) is 8.78 Å². The van der Waals surface area contributed by atoms with Gasteiger partial charge in [0.05, 0.1) is 6.04 Å². The summed E-state index contributed by atoms with van der Waals surface area (Å²) in [7, 11) is 3.97. The van der Waals surface area contributed by atoms with Crippen molar-refractivity contribution in [3.05, 3.63) is 34.9 Å². The van der Waals surface area contributed by atoms with Crippen molar-refractivity contribution in [3.63, 3.8) is 0 Å². The second-order valence-corrected chi connectivity index (χ2v) is 6.26. The molecule has 0 amide bonds. The summed E-state index contributed by atoms with van der Waals surface area (Å²) in [6.45, 7) is 1.56. The Balaban J connectivity index is 2.49. The van der Waals surface area contributed by atoms with Crippen LogP contribution in [0.1, 0.15) is 49.3 Å². The molecule has 0 radical (unpaired) electrons. The molecule has 1 aromatic rings. The van der Waals surface area contributed by atoms with Gasteiger partial charge in [0.15, 0.2) is 11.6 Å². The molecule has 3 nitrogen and oxygen atoms in total. The highest BCUT2D eigenvalue weighted by atomic mass is 19.2. The van der Waals surface area contributed by atoms with Crippen molar-refractivity contribution >= 4 is 0 Å². The number of halogens is 2. The van der Waals surface area contributed by atoms with Gasteiger partial charge >= 0.3 is 0 Å². The Hall–Kier alpha value is -1.04. The monoisotopic (exact) mass is 297 g/mol. The number of hydrogen-bond acceptors (Lipinski definition) is 3. The van der Waals surface area contributed by atoms with E-state index in [0.717, 1.165) is 25.7 Å². The predicted octanol–water partition coefficient (Wildman–Crippen LogP) is 3.04. The Morgan fingerprint density at radius 1 is 1.14 bits per heavy atom. The number of likely N-dealkylation sites (N-methyl/N-ethyl adjacent to an activating group) is 1. The highest BCUT2D eigenvalue weighted by molar-refractivity contribution is 5.30. The maximum Gasteiger partial charge on any atom is 0.163 e. The summed E-state index contributed by atoms with van der Waals surface area (Å²) in [5.41, 5.74) is 3.10. The standard InChI is InChI=1S/C16H25F2N3/c1-11-7-8-12(14(18)13(11)17)15(20-19)16(21(2)3)9-5-4-6-10-16/h7-8,15,20H,4-6,9-10,19H2,1-3H3. The number of hydrogen-bond donors (Lipinski definition) is 2. The van der Waals surface area contributed by atoms with Gasteiger partial charge < -0.3 is 4.90 Å². The van der Waals surface area contributed by atoms with Gasteiger partial charge in [-0.05, 0) is 39.4 Å². The number of aryl methyl sites for hydroxylation is 1. The molecule has 118 valence electrons. The van der Waals surface area contributed by atoms with Gasteiger partial charge in [0.2, 0.25) is 0 Å². The van der Waals surface area contributed by atoms with Crippen molar-refractivity contribution in [1.82, 2.24) is 10.3 Å². The molecule has 0 heterocycles. The first-order chi connectivity index (χ1) is 9.94. The fourth-order valence-corrected chi connectivity index (χ4v) is 3.58. The van der Waals surface area contributed by atoms with E-state index in [1.165, 1.54) is 6.42 Å². The zero-order valence-electron chi connectivity index (χ0n) is 13.0. The van der Waals surface area contributed by atoms with Crippen LogP contribution in [0, 0.1) is 18.6 Å².